The van der Waals surface area contributed by atoms with Crippen LogP contribution in [0.2, 0.25) is 0 Å². The first-order chi connectivity index (χ1) is 12.8. The number of hydrogen-bond acceptors (Lipinski definition) is 6. The molecule has 1 aliphatic heterocycles. The number of aromatic nitrogens is 3. The highest BCUT2D eigenvalue weighted by Gasteiger charge is 2.19. The summed E-state index contributed by atoms with van der Waals surface area (Å²) in [5.74, 6) is 1.63. The Morgan fingerprint density at radius 2 is 1.77 bits per heavy atom. The molecule has 2 aromatic heterocycles. The van der Waals surface area contributed by atoms with Crippen LogP contribution in [0.1, 0.15) is 36.5 Å². The van der Waals surface area contributed by atoms with Gasteiger partial charge >= 0.3 is 0 Å². The van der Waals surface area contributed by atoms with E-state index in [1.54, 1.807) is 18.6 Å². The topological polar surface area (TPSA) is 74.2 Å². The normalized spacial score (nSPS) is 14.3. The van der Waals surface area contributed by atoms with Gasteiger partial charge in [-0.1, -0.05) is 19.8 Å². The minimum Gasteiger partial charge on any atom is -0.353 e. The minimum atomic E-state index is -0.0498. The summed E-state index contributed by atoms with van der Waals surface area (Å²) >= 11 is 0. The van der Waals surface area contributed by atoms with Gasteiger partial charge in [0.1, 0.15) is 5.82 Å². The number of carbonyl (C=O) groups excluding carboxylic acids is 1. The smallest absolute Gasteiger partial charge is 0.252 e. The lowest BCUT2D eigenvalue weighted by Gasteiger charge is -2.35. The van der Waals surface area contributed by atoms with Gasteiger partial charge < -0.3 is 15.1 Å². The van der Waals surface area contributed by atoms with Gasteiger partial charge in [-0.3, -0.25) is 4.79 Å². The number of pyridine rings is 1. The summed E-state index contributed by atoms with van der Waals surface area (Å²) in [6, 6.07) is 5.60. The monoisotopic (exact) mass is 354 g/mol. The molecule has 2 aromatic rings. The molecule has 7 nitrogen and oxygen atoms in total. The fourth-order valence-electron chi connectivity index (χ4n) is 2.98. The molecular weight excluding hydrogens is 328 g/mol. The van der Waals surface area contributed by atoms with Gasteiger partial charge in [-0.15, -0.1) is 0 Å². The van der Waals surface area contributed by atoms with Crippen molar-refractivity contribution in [2.75, 3.05) is 42.5 Å². The van der Waals surface area contributed by atoms with Crippen LogP contribution in [0, 0.1) is 0 Å². The first-order valence-corrected chi connectivity index (χ1v) is 9.29. The van der Waals surface area contributed by atoms with E-state index in [0.717, 1.165) is 63.8 Å². The van der Waals surface area contributed by atoms with Gasteiger partial charge in [0.05, 0.1) is 5.56 Å². The van der Waals surface area contributed by atoms with Crippen LogP contribution in [0.5, 0.6) is 0 Å². The summed E-state index contributed by atoms with van der Waals surface area (Å²) in [6.07, 6.45) is 8.50. The van der Waals surface area contributed by atoms with Crippen LogP contribution in [-0.2, 0) is 0 Å². The van der Waals surface area contributed by atoms with Crippen molar-refractivity contribution in [1.29, 1.82) is 0 Å². The van der Waals surface area contributed by atoms with Gasteiger partial charge in [0, 0.05) is 51.3 Å². The van der Waals surface area contributed by atoms with Gasteiger partial charge in [-0.2, -0.15) is 0 Å². The number of carbonyl (C=O) groups is 1. The number of rotatable bonds is 7. The van der Waals surface area contributed by atoms with E-state index < -0.39 is 0 Å². The second-order valence-corrected chi connectivity index (χ2v) is 6.39. The molecule has 0 aromatic carbocycles. The lowest BCUT2D eigenvalue weighted by molar-refractivity contribution is 0.0952. The van der Waals surface area contributed by atoms with Crippen molar-refractivity contribution >= 4 is 17.7 Å². The zero-order valence-electron chi connectivity index (χ0n) is 15.3. The van der Waals surface area contributed by atoms with Crippen LogP contribution in [0.15, 0.2) is 36.8 Å². The van der Waals surface area contributed by atoms with Gasteiger partial charge in [-0.05, 0) is 24.6 Å². The maximum Gasteiger partial charge on any atom is 0.252 e. The van der Waals surface area contributed by atoms with E-state index >= 15 is 0 Å². The Bertz CT molecular complexity index is 683. The number of hydrogen-bond donors (Lipinski definition) is 1. The molecule has 138 valence electrons. The SMILES string of the molecule is CCCCCNC(=O)c1ccc(N2CCN(c3ncccn3)CC2)nc1. The molecule has 3 heterocycles. The van der Waals surface area contributed by atoms with E-state index in [0.29, 0.717) is 5.56 Å². The molecule has 1 amide bonds. The van der Waals surface area contributed by atoms with E-state index in [2.05, 4.69) is 37.0 Å². The molecule has 7 heteroatoms. The van der Waals surface area contributed by atoms with Crippen molar-refractivity contribution in [2.45, 2.75) is 26.2 Å². The van der Waals surface area contributed by atoms with Crippen LogP contribution in [0.4, 0.5) is 11.8 Å². The van der Waals surface area contributed by atoms with E-state index in [1.807, 2.05) is 18.2 Å². The molecule has 1 N–H and O–H groups in total. The van der Waals surface area contributed by atoms with Crippen LogP contribution in [-0.4, -0.2) is 53.6 Å². The first kappa shape index (κ1) is 18.1. The molecule has 26 heavy (non-hydrogen) atoms. The fraction of sp³-hybridized carbons (Fsp3) is 0.474. The van der Waals surface area contributed by atoms with E-state index in [9.17, 15) is 4.79 Å². The van der Waals surface area contributed by atoms with Crippen molar-refractivity contribution in [2.24, 2.45) is 0 Å². The van der Waals surface area contributed by atoms with E-state index in [1.165, 1.54) is 0 Å². The summed E-state index contributed by atoms with van der Waals surface area (Å²) in [5, 5.41) is 2.94. The number of piperazine rings is 1. The van der Waals surface area contributed by atoms with Gasteiger partial charge in [0.15, 0.2) is 0 Å². The Morgan fingerprint density at radius 1 is 1.04 bits per heavy atom. The number of amides is 1. The Hall–Kier alpha value is -2.70. The van der Waals surface area contributed by atoms with Crippen LogP contribution < -0.4 is 15.1 Å². The largest absolute Gasteiger partial charge is 0.353 e. The van der Waals surface area contributed by atoms with Gasteiger partial charge in [-0.25, -0.2) is 15.0 Å². The quantitative estimate of drug-likeness (QED) is 0.768. The second-order valence-electron chi connectivity index (χ2n) is 6.39. The Kier molecular flexibility index (Phi) is 6.35. The van der Waals surface area contributed by atoms with Crippen molar-refractivity contribution in [3.8, 4) is 0 Å². The number of unbranched alkanes of at least 4 members (excludes halogenated alkanes) is 2. The molecule has 0 saturated carbocycles. The highest BCUT2D eigenvalue weighted by Crippen LogP contribution is 2.16. The van der Waals surface area contributed by atoms with Crippen molar-refractivity contribution < 1.29 is 4.79 Å². The Labute approximate surface area is 154 Å². The third kappa shape index (κ3) is 4.68. The molecular formula is C19H26N6O. The molecule has 0 spiro atoms. The fourth-order valence-corrected chi connectivity index (χ4v) is 2.98. The maximum atomic E-state index is 12.1. The molecule has 1 aliphatic rings. The lowest BCUT2D eigenvalue weighted by atomic mass is 10.2. The third-order valence-corrected chi connectivity index (χ3v) is 4.51. The lowest BCUT2D eigenvalue weighted by Crippen LogP contribution is -2.47. The summed E-state index contributed by atoms with van der Waals surface area (Å²) in [4.78, 5) is 29.6. The standard InChI is InChI=1S/C19H26N6O/c1-2-3-4-8-20-18(26)16-6-7-17(23-15-16)24-11-13-25(14-12-24)19-21-9-5-10-22-19/h5-7,9-10,15H,2-4,8,11-14H2,1H3,(H,20,26). The Morgan fingerprint density at radius 3 is 2.42 bits per heavy atom. The zero-order valence-corrected chi connectivity index (χ0v) is 15.3. The predicted octanol–water partition coefficient (Wildman–Crippen LogP) is 2.12. The predicted molar refractivity (Wildman–Crippen MR) is 103 cm³/mol. The molecule has 0 unspecified atom stereocenters. The molecule has 0 atom stereocenters. The molecule has 1 saturated heterocycles. The molecule has 0 aliphatic carbocycles. The van der Waals surface area contributed by atoms with Crippen LogP contribution in [0.25, 0.3) is 0 Å². The van der Waals surface area contributed by atoms with Gasteiger partial charge in [0.25, 0.3) is 5.91 Å². The Balaban J connectivity index is 1.51. The average Bonchev–Trinajstić information content (AvgIpc) is 2.72. The molecule has 1 fully saturated rings. The van der Waals surface area contributed by atoms with Crippen molar-refractivity contribution in [3.05, 3.63) is 42.4 Å². The molecule has 0 radical (unpaired) electrons. The highest BCUT2D eigenvalue weighted by molar-refractivity contribution is 5.94. The van der Waals surface area contributed by atoms with Crippen LogP contribution >= 0.6 is 0 Å². The zero-order chi connectivity index (χ0) is 18.2. The van der Waals surface area contributed by atoms with Crippen LogP contribution in [0.3, 0.4) is 0 Å². The highest BCUT2D eigenvalue weighted by atomic mass is 16.1. The average molecular weight is 354 g/mol. The summed E-state index contributed by atoms with van der Waals surface area (Å²) in [7, 11) is 0. The minimum absolute atomic E-state index is 0.0498. The second kappa shape index (κ2) is 9.12. The van der Waals surface area contributed by atoms with E-state index in [4.69, 9.17) is 0 Å². The molecule has 0 bridgehead atoms. The summed E-state index contributed by atoms with van der Waals surface area (Å²) in [5.41, 5.74) is 0.613. The first-order valence-electron chi connectivity index (χ1n) is 9.29. The number of nitrogens with zero attached hydrogens (tertiary/aromatic N) is 5. The maximum absolute atomic E-state index is 12.1. The number of nitrogens with one attached hydrogen (secondary N) is 1. The van der Waals surface area contributed by atoms with E-state index in [-0.39, 0.29) is 5.91 Å². The van der Waals surface area contributed by atoms with Crippen molar-refractivity contribution in [3.63, 3.8) is 0 Å². The summed E-state index contributed by atoms with van der Waals surface area (Å²) in [6.45, 7) is 6.29. The third-order valence-electron chi connectivity index (χ3n) is 4.51. The summed E-state index contributed by atoms with van der Waals surface area (Å²) < 4.78 is 0. The molecule has 3 rings (SSSR count). The number of anilines is 2. The van der Waals surface area contributed by atoms with Crippen molar-refractivity contribution in [1.82, 2.24) is 20.3 Å². The van der Waals surface area contributed by atoms with Gasteiger partial charge in [0.2, 0.25) is 5.95 Å².